The third kappa shape index (κ3) is 2.94. The van der Waals surface area contributed by atoms with Gasteiger partial charge in [0.05, 0.1) is 12.6 Å². The van der Waals surface area contributed by atoms with Crippen LogP contribution in [-0.4, -0.2) is 24.7 Å². The molecule has 0 aromatic carbocycles. The first-order valence-electron chi connectivity index (χ1n) is 5.88. The maximum Gasteiger partial charge on any atom is 0.102 e. The molecular formula is C12H18N4O. The molecule has 0 fully saturated rings. The smallest absolute Gasteiger partial charge is 0.102 e. The molecule has 2 aromatic rings. The summed E-state index contributed by atoms with van der Waals surface area (Å²) >= 11 is 0. The Bertz CT molecular complexity index is 474. The normalized spacial score (nSPS) is 12.9. The summed E-state index contributed by atoms with van der Waals surface area (Å²) in [4.78, 5) is 0. The Hall–Kier alpha value is -1.62. The highest BCUT2D eigenvalue weighted by atomic mass is 16.3. The second-order valence-corrected chi connectivity index (χ2v) is 4.31. The number of aliphatic hydroxyl groups is 1. The molecule has 2 rings (SSSR count). The van der Waals surface area contributed by atoms with Crippen LogP contribution in [0.3, 0.4) is 0 Å². The van der Waals surface area contributed by atoms with Crippen LogP contribution in [0.2, 0.25) is 0 Å². The predicted octanol–water partition coefficient (Wildman–Crippen LogP) is 1.50. The van der Waals surface area contributed by atoms with Gasteiger partial charge in [-0.05, 0) is 18.1 Å². The third-order valence-electron chi connectivity index (χ3n) is 2.71. The van der Waals surface area contributed by atoms with E-state index in [1.54, 1.807) is 4.68 Å². The fourth-order valence-corrected chi connectivity index (χ4v) is 1.85. The molecule has 5 nitrogen and oxygen atoms in total. The second kappa shape index (κ2) is 5.14. The zero-order valence-electron chi connectivity index (χ0n) is 10.2. The molecule has 0 bridgehead atoms. The van der Waals surface area contributed by atoms with Crippen molar-refractivity contribution in [3.8, 4) is 0 Å². The lowest BCUT2D eigenvalue weighted by Crippen LogP contribution is -1.98. The van der Waals surface area contributed by atoms with Crippen LogP contribution in [0.5, 0.6) is 0 Å². The largest absolute Gasteiger partial charge is 0.388 e. The van der Waals surface area contributed by atoms with Crippen molar-refractivity contribution in [2.24, 2.45) is 7.05 Å². The van der Waals surface area contributed by atoms with Crippen molar-refractivity contribution in [2.75, 3.05) is 0 Å². The van der Waals surface area contributed by atoms with Gasteiger partial charge in [0, 0.05) is 25.6 Å². The first-order chi connectivity index (χ1) is 8.19. The van der Waals surface area contributed by atoms with E-state index in [2.05, 4.69) is 17.2 Å². The van der Waals surface area contributed by atoms with Crippen LogP contribution in [0, 0.1) is 0 Å². The molecular weight excluding hydrogens is 216 g/mol. The summed E-state index contributed by atoms with van der Waals surface area (Å²) in [7, 11) is 1.85. The van der Waals surface area contributed by atoms with Gasteiger partial charge in [0.15, 0.2) is 0 Å². The molecule has 0 aliphatic carbocycles. The number of hydrogen-bond acceptors (Lipinski definition) is 3. The first-order valence-corrected chi connectivity index (χ1v) is 5.88. The van der Waals surface area contributed by atoms with Crippen LogP contribution in [-0.2, 0) is 13.6 Å². The van der Waals surface area contributed by atoms with Crippen LogP contribution >= 0.6 is 0 Å². The Balaban J connectivity index is 2.03. The number of rotatable bonds is 5. The molecule has 0 radical (unpaired) electrons. The van der Waals surface area contributed by atoms with E-state index in [-0.39, 0.29) is 6.10 Å². The lowest BCUT2D eigenvalue weighted by atomic mass is 10.1. The van der Waals surface area contributed by atoms with Gasteiger partial charge in [-0.1, -0.05) is 18.6 Å². The summed E-state index contributed by atoms with van der Waals surface area (Å²) in [6, 6.07) is 1.96. The average Bonchev–Trinajstić information content (AvgIpc) is 2.89. The monoisotopic (exact) mass is 234 g/mol. The molecule has 0 amide bonds. The summed E-state index contributed by atoms with van der Waals surface area (Å²) in [5, 5.41) is 17.8. The SMILES string of the molecule is CCCC(O)c1ccn(Cc2cn(C)nn2)c1. The lowest BCUT2D eigenvalue weighted by Gasteiger charge is -2.06. The maximum atomic E-state index is 9.86. The molecule has 0 aliphatic rings. The highest BCUT2D eigenvalue weighted by Crippen LogP contribution is 2.18. The molecule has 17 heavy (non-hydrogen) atoms. The third-order valence-corrected chi connectivity index (χ3v) is 2.71. The molecule has 92 valence electrons. The minimum Gasteiger partial charge on any atom is -0.388 e. The fraction of sp³-hybridized carbons (Fsp3) is 0.500. The number of aryl methyl sites for hydroxylation is 1. The van der Waals surface area contributed by atoms with Crippen molar-refractivity contribution < 1.29 is 5.11 Å². The summed E-state index contributed by atoms with van der Waals surface area (Å²) in [5.74, 6) is 0. The van der Waals surface area contributed by atoms with Crippen LogP contribution in [0.25, 0.3) is 0 Å². The number of aromatic nitrogens is 4. The maximum absolute atomic E-state index is 9.86. The van der Waals surface area contributed by atoms with Crippen molar-refractivity contribution in [3.05, 3.63) is 35.9 Å². The first kappa shape index (κ1) is 11.9. The van der Waals surface area contributed by atoms with E-state index in [9.17, 15) is 5.11 Å². The molecule has 1 unspecified atom stereocenters. The van der Waals surface area contributed by atoms with Gasteiger partial charge >= 0.3 is 0 Å². The summed E-state index contributed by atoms with van der Waals surface area (Å²) in [5.41, 5.74) is 1.88. The molecule has 0 saturated heterocycles. The van der Waals surface area contributed by atoms with Gasteiger partial charge in [-0.25, -0.2) is 0 Å². The van der Waals surface area contributed by atoms with Crippen molar-refractivity contribution >= 4 is 0 Å². The van der Waals surface area contributed by atoms with E-state index in [1.807, 2.05) is 36.3 Å². The molecule has 2 heterocycles. The molecule has 1 N–H and O–H groups in total. The Kier molecular flexibility index (Phi) is 3.58. The van der Waals surface area contributed by atoms with Crippen molar-refractivity contribution in [2.45, 2.75) is 32.4 Å². The van der Waals surface area contributed by atoms with Gasteiger partial charge in [-0.2, -0.15) is 0 Å². The van der Waals surface area contributed by atoms with E-state index in [0.29, 0.717) is 6.54 Å². The van der Waals surface area contributed by atoms with Gasteiger partial charge in [-0.3, -0.25) is 4.68 Å². The summed E-state index contributed by atoms with van der Waals surface area (Å²) < 4.78 is 3.70. The Morgan fingerprint density at radius 1 is 1.41 bits per heavy atom. The topological polar surface area (TPSA) is 55.9 Å². The van der Waals surface area contributed by atoms with Crippen LogP contribution in [0.15, 0.2) is 24.7 Å². The van der Waals surface area contributed by atoms with E-state index >= 15 is 0 Å². The van der Waals surface area contributed by atoms with Gasteiger partial charge < -0.3 is 9.67 Å². The van der Waals surface area contributed by atoms with Gasteiger partial charge in [0.25, 0.3) is 0 Å². The molecule has 1 atom stereocenters. The Morgan fingerprint density at radius 2 is 2.24 bits per heavy atom. The molecule has 0 aliphatic heterocycles. The molecule has 2 aromatic heterocycles. The Labute approximate surface area is 101 Å². The van der Waals surface area contributed by atoms with Crippen molar-refractivity contribution in [3.63, 3.8) is 0 Å². The van der Waals surface area contributed by atoms with Crippen molar-refractivity contribution in [1.82, 2.24) is 19.6 Å². The van der Waals surface area contributed by atoms with E-state index in [1.165, 1.54) is 0 Å². The standard InChI is InChI=1S/C12H18N4O/c1-3-4-12(17)10-5-6-16(7-10)9-11-8-15(2)14-13-11/h5-8,12,17H,3-4,9H2,1-2H3. The molecule has 0 saturated carbocycles. The van der Waals surface area contributed by atoms with E-state index in [0.717, 1.165) is 24.1 Å². The van der Waals surface area contributed by atoms with E-state index < -0.39 is 0 Å². The fourth-order valence-electron chi connectivity index (χ4n) is 1.85. The summed E-state index contributed by atoms with van der Waals surface area (Å²) in [6.07, 6.45) is 7.24. The average molecular weight is 234 g/mol. The minimum absolute atomic E-state index is 0.358. The zero-order chi connectivity index (χ0) is 12.3. The Morgan fingerprint density at radius 3 is 2.88 bits per heavy atom. The summed E-state index contributed by atoms with van der Waals surface area (Å²) in [6.45, 7) is 2.76. The highest BCUT2D eigenvalue weighted by molar-refractivity contribution is 5.14. The van der Waals surface area contributed by atoms with Gasteiger partial charge in [-0.15, -0.1) is 5.10 Å². The minimum atomic E-state index is -0.358. The lowest BCUT2D eigenvalue weighted by molar-refractivity contribution is 0.166. The number of nitrogens with zero attached hydrogens (tertiary/aromatic N) is 4. The number of aliphatic hydroxyl groups excluding tert-OH is 1. The van der Waals surface area contributed by atoms with Gasteiger partial charge in [0.2, 0.25) is 0 Å². The highest BCUT2D eigenvalue weighted by Gasteiger charge is 2.08. The van der Waals surface area contributed by atoms with Crippen LogP contribution in [0.1, 0.15) is 37.1 Å². The molecule has 5 heteroatoms. The zero-order valence-corrected chi connectivity index (χ0v) is 10.2. The van der Waals surface area contributed by atoms with Crippen LogP contribution in [0.4, 0.5) is 0 Å². The predicted molar refractivity (Wildman–Crippen MR) is 64.4 cm³/mol. The van der Waals surface area contributed by atoms with Gasteiger partial charge in [0.1, 0.15) is 5.69 Å². The second-order valence-electron chi connectivity index (χ2n) is 4.31. The van der Waals surface area contributed by atoms with Crippen LogP contribution < -0.4 is 0 Å². The van der Waals surface area contributed by atoms with E-state index in [4.69, 9.17) is 0 Å². The molecule has 0 spiro atoms. The van der Waals surface area contributed by atoms with Crippen molar-refractivity contribution in [1.29, 1.82) is 0 Å². The quantitative estimate of drug-likeness (QED) is 0.853. The number of hydrogen-bond donors (Lipinski definition) is 1.